The van der Waals surface area contributed by atoms with Crippen molar-refractivity contribution in [2.45, 2.75) is 6.54 Å². The van der Waals surface area contributed by atoms with Gasteiger partial charge in [0, 0.05) is 10.0 Å². The lowest BCUT2D eigenvalue weighted by Crippen LogP contribution is -2.27. The molecule has 0 aliphatic rings. The van der Waals surface area contributed by atoms with Crippen LogP contribution >= 0.6 is 23.2 Å². The average molecular weight is 243 g/mol. The summed E-state index contributed by atoms with van der Waals surface area (Å²) in [6.07, 6.45) is 1.67. The molecule has 6 heteroatoms. The normalized spacial score (nSPS) is 10.9. The van der Waals surface area contributed by atoms with Crippen LogP contribution in [-0.4, -0.2) is 5.96 Å². The molecule has 0 aliphatic carbocycles. The molecule has 1 aromatic rings. The minimum Gasteiger partial charge on any atom is -0.369 e. The highest BCUT2D eigenvalue weighted by atomic mass is 35.5. The van der Waals surface area contributed by atoms with Crippen molar-refractivity contribution in [1.82, 2.24) is 5.32 Å². The number of aliphatic imine (C=N–C) groups is 1. The number of nitrogens with zero attached hydrogens (tertiary/aromatic N) is 2. The molecule has 0 heterocycles. The van der Waals surface area contributed by atoms with Crippen molar-refractivity contribution >= 4 is 29.2 Å². The van der Waals surface area contributed by atoms with Gasteiger partial charge in [0.25, 0.3) is 0 Å². The van der Waals surface area contributed by atoms with E-state index in [1.165, 1.54) is 0 Å². The van der Waals surface area contributed by atoms with Crippen molar-refractivity contribution in [3.8, 4) is 6.19 Å². The molecule has 78 valence electrons. The Labute approximate surface area is 97.3 Å². The van der Waals surface area contributed by atoms with Crippen LogP contribution in [0.2, 0.25) is 10.0 Å². The lowest BCUT2D eigenvalue weighted by atomic mass is 10.2. The SMILES string of the molecule is N#CNC(N)=NCc1ccc(Cl)cc1Cl. The van der Waals surface area contributed by atoms with Crippen LogP contribution in [0.4, 0.5) is 0 Å². The number of hydrogen-bond acceptors (Lipinski definition) is 2. The summed E-state index contributed by atoms with van der Waals surface area (Å²) in [6.45, 7) is 0.302. The van der Waals surface area contributed by atoms with Gasteiger partial charge in [-0.15, -0.1) is 0 Å². The highest BCUT2D eigenvalue weighted by Crippen LogP contribution is 2.21. The number of nitrogens with one attached hydrogen (secondary N) is 1. The zero-order chi connectivity index (χ0) is 11.3. The largest absolute Gasteiger partial charge is 0.369 e. The van der Waals surface area contributed by atoms with Crippen LogP contribution in [0.25, 0.3) is 0 Å². The molecule has 0 aromatic heterocycles. The number of guanidine groups is 1. The molecule has 15 heavy (non-hydrogen) atoms. The van der Waals surface area contributed by atoms with Crippen LogP contribution in [-0.2, 0) is 6.54 Å². The molecule has 0 saturated carbocycles. The Morgan fingerprint density at radius 2 is 2.27 bits per heavy atom. The maximum absolute atomic E-state index is 8.26. The van der Waals surface area contributed by atoms with Crippen molar-refractivity contribution in [3.63, 3.8) is 0 Å². The number of nitrogens with two attached hydrogens (primary N) is 1. The van der Waals surface area contributed by atoms with Crippen LogP contribution in [0, 0.1) is 11.5 Å². The van der Waals surface area contributed by atoms with Gasteiger partial charge in [-0.3, -0.25) is 5.32 Å². The standard InChI is InChI=1S/C9H8Cl2N4/c10-7-2-1-6(8(11)3-7)4-14-9(13)15-5-12/h1-3H,4H2,(H3,13,14,15). The summed E-state index contributed by atoms with van der Waals surface area (Å²) in [5.41, 5.74) is 6.15. The van der Waals surface area contributed by atoms with Gasteiger partial charge < -0.3 is 5.73 Å². The maximum atomic E-state index is 8.26. The van der Waals surface area contributed by atoms with E-state index in [4.69, 9.17) is 34.2 Å². The molecule has 1 rings (SSSR count). The van der Waals surface area contributed by atoms with E-state index in [-0.39, 0.29) is 5.96 Å². The zero-order valence-corrected chi connectivity index (χ0v) is 9.18. The van der Waals surface area contributed by atoms with E-state index in [1.807, 2.05) is 0 Å². The third-order valence-corrected chi connectivity index (χ3v) is 2.21. The molecule has 1 aromatic carbocycles. The predicted molar refractivity (Wildman–Crippen MR) is 60.5 cm³/mol. The summed E-state index contributed by atoms with van der Waals surface area (Å²) in [4.78, 5) is 3.91. The second-order valence-electron chi connectivity index (χ2n) is 2.67. The fraction of sp³-hybridized carbons (Fsp3) is 0.111. The molecular formula is C9H8Cl2N4. The van der Waals surface area contributed by atoms with Crippen molar-refractivity contribution in [3.05, 3.63) is 33.8 Å². The van der Waals surface area contributed by atoms with E-state index in [9.17, 15) is 0 Å². The van der Waals surface area contributed by atoms with Crippen LogP contribution in [0.1, 0.15) is 5.56 Å². The molecule has 0 aliphatic heterocycles. The van der Waals surface area contributed by atoms with Crippen LogP contribution in [0.15, 0.2) is 23.2 Å². The molecule has 0 fully saturated rings. The van der Waals surface area contributed by atoms with Crippen molar-refractivity contribution in [2.24, 2.45) is 10.7 Å². The Balaban J connectivity index is 2.74. The van der Waals surface area contributed by atoms with E-state index in [0.717, 1.165) is 5.56 Å². The predicted octanol–water partition coefficient (Wildman–Crippen LogP) is 1.88. The van der Waals surface area contributed by atoms with Gasteiger partial charge in [-0.05, 0) is 17.7 Å². The number of rotatable bonds is 2. The lowest BCUT2D eigenvalue weighted by molar-refractivity contribution is 1.03. The Morgan fingerprint density at radius 1 is 1.53 bits per heavy atom. The van der Waals surface area contributed by atoms with Crippen molar-refractivity contribution in [1.29, 1.82) is 5.26 Å². The van der Waals surface area contributed by atoms with Gasteiger partial charge in [-0.25, -0.2) is 4.99 Å². The molecule has 4 nitrogen and oxygen atoms in total. The Morgan fingerprint density at radius 3 is 2.87 bits per heavy atom. The zero-order valence-electron chi connectivity index (χ0n) is 7.67. The number of nitriles is 1. The highest BCUT2D eigenvalue weighted by Gasteiger charge is 2.00. The molecular weight excluding hydrogens is 235 g/mol. The second kappa shape index (κ2) is 5.44. The molecule has 0 spiro atoms. The highest BCUT2D eigenvalue weighted by molar-refractivity contribution is 6.35. The molecule has 0 saturated heterocycles. The molecule has 0 atom stereocenters. The number of benzene rings is 1. The summed E-state index contributed by atoms with van der Waals surface area (Å²) >= 11 is 11.6. The van der Waals surface area contributed by atoms with Crippen molar-refractivity contribution < 1.29 is 0 Å². The average Bonchev–Trinajstić information content (AvgIpc) is 2.17. The van der Waals surface area contributed by atoms with E-state index >= 15 is 0 Å². The smallest absolute Gasteiger partial charge is 0.202 e. The lowest BCUT2D eigenvalue weighted by Gasteiger charge is -2.01. The first kappa shape index (κ1) is 11.6. The fourth-order valence-corrected chi connectivity index (χ4v) is 1.39. The molecule has 0 amide bonds. The first-order valence-electron chi connectivity index (χ1n) is 4.02. The van der Waals surface area contributed by atoms with Gasteiger partial charge in [-0.2, -0.15) is 5.26 Å². The summed E-state index contributed by atoms with van der Waals surface area (Å²) in [7, 11) is 0. The van der Waals surface area contributed by atoms with E-state index in [1.54, 1.807) is 24.4 Å². The monoisotopic (exact) mass is 242 g/mol. The maximum Gasteiger partial charge on any atom is 0.202 e. The van der Waals surface area contributed by atoms with Gasteiger partial charge >= 0.3 is 0 Å². The third-order valence-electron chi connectivity index (χ3n) is 1.62. The molecule has 0 radical (unpaired) electrons. The first-order valence-corrected chi connectivity index (χ1v) is 4.78. The third kappa shape index (κ3) is 3.66. The van der Waals surface area contributed by atoms with Gasteiger partial charge in [0.1, 0.15) is 0 Å². The number of hydrogen-bond donors (Lipinski definition) is 2. The topological polar surface area (TPSA) is 74.2 Å². The molecule has 3 N–H and O–H groups in total. The van der Waals surface area contributed by atoms with Crippen LogP contribution in [0.3, 0.4) is 0 Å². The second-order valence-corrected chi connectivity index (χ2v) is 3.52. The van der Waals surface area contributed by atoms with Gasteiger partial charge in [-0.1, -0.05) is 29.3 Å². The van der Waals surface area contributed by atoms with Gasteiger partial charge in [0.15, 0.2) is 6.19 Å². The molecule has 0 unspecified atom stereocenters. The first-order chi connectivity index (χ1) is 7.13. The van der Waals surface area contributed by atoms with E-state index < -0.39 is 0 Å². The summed E-state index contributed by atoms with van der Waals surface area (Å²) in [6, 6.07) is 5.10. The summed E-state index contributed by atoms with van der Waals surface area (Å²) in [5, 5.41) is 11.6. The summed E-state index contributed by atoms with van der Waals surface area (Å²) < 4.78 is 0. The minimum absolute atomic E-state index is 0.0588. The quantitative estimate of drug-likeness (QED) is 0.360. The van der Waals surface area contributed by atoms with Crippen molar-refractivity contribution in [2.75, 3.05) is 0 Å². The Bertz CT molecular complexity index is 423. The Hall–Kier alpha value is -1.44. The number of halogens is 2. The minimum atomic E-state index is 0.0588. The van der Waals surface area contributed by atoms with Crippen LogP contribution < -0.4 is 11.1 Å². The summed E-state index contributed by atoms with van der Waals surface area (Å²) in [5.74, 6) is 0.0588. The van der Waals surface area contributed by atoms with Crippen LogP contribution in [0.5, 0.6) is 0 Å². The Kier molecular flexibility index (Phi) is 4.22. The van der Waals surface area contributed by atoms with Gasteiger partial charge in [0.2, 0.25) is 5.96 Å². The van der Waals surface area contributed by atoms with E-state index in [0.29, 0.717) is 16.6 Å². The molecule has 0 bridgehead atoms. The fourth-order valence-electron chi connectivity index (χ4n) is 0.917. The van der Waals surface area contributed by atoms with Gasteiger partial charge in [0.05, 0.1) is 6.54 Å². The van der Waals surface area contributed by atoms with E-state index in [2.05, 4.69) is 10.3 Å².